The summed E-state index contributed by atoms with van der Waals surface area (Å²) in [7, 11) is 0. The molecule has 1 aromatic heterocycles. The van der Waals surface area contributed by atoms with E-state index in [4.69, 9.17) is 10.5 Å². The lowest BCUT2D eigenvalue weighted by Gasteiger charge is -2.13. The molecule has 1 atom stereocenters. The van der Waals surface area contributed by atoms with Gasteiger partial charge in [0.1, 0.15) is 6.04 Å². The van der Waals surface area contributed by atoms with Crippen molar-refractivity contribution in [3.63, 3.8) is 0 Å². The third kappa shape index (κ3) is 2.37. The van der Waals surface area contributed by atoms with Crippen LogP contribution in [0.25, 0.3) is 10.9 Å². The summed E-state index contributed by atoms with van der Waals surface area (Å²) in [4.78, 5) is 16.0. The van der Waals surface area contributed by atoms with E-state index in [1.54, 1.807) is 19.2 Å². The number of benzene rings is 1. The summed E-state index contributed by atoms with van der Waals surface area (Å²) in [6, 6.07) is 6.61. The fourth-order valence-corrected chi connectivity index (χ4v) is 2.22. The zero-order valence-corrected chi connectivity index (χ0v) is 11.5. The molecule has 0 radical (unpaired) electrons. The van der Waals surface area contributed by atoms with Gasteiger partial charge in [-0.1, -0.05) is 28.1 Å². The van der Waals surface area contributed by atoms with E-state index in [2.05, 4.69) is 20.9 Å². The molecule has 0 fully saturated rings. The highest BCUT2D eigenvalue weighted by Crippen LogP contribution is 2.28. The van der Waals surface area contributed by atoms with Gasteiger partial charge in [0.05, 0.1) is 12.1 Å². The molecule has 0 aliphatic rings. The average Bonchev–Trinajstić information content (AvgIpc) is 2.39. The number of pyridine rings is 1. The topological polar surface area (TPSA) is 65.2 Å². The fourth-order valence-electron chi connectivity index (χ4n) is 1.77. The van der Waals surface area contributed by atoms with Gasteiger partial charge in [-0.25, -0.2) is 4.79 Å². The molecule has 0 aliphatic heterocycles. The minimum atomic E-state index is -0.810. The predicted octanol–water partition coefficient (Wildman–Crippen LogP) is 2.56. The molecule has 5 heteroatoms. The van der Waals surface area contributed by atoms with Crippen molar-refractivity contribution in [3.8, 4) is 0 Å². The average molecular weight is 309 g/mol. The SMILES string of the molecule is CCOC(=O)C(N)c1ccc(Br)c2cccnc12. The van der Waals surface area contributed by atoms with E-state index in [1.165, 1.54) is 0 Å². The van der Waals surface area contributed by atoms with Gasteiger partial charge in [0.2, 0.25) is 0 Å². The summed E-state index contributed by atoms with van der Waals surface area (Å²) in [6.45, 7) is 2.07. The van der Waals surface area contributed by atoms with Gasteiger partial charge in [-0.3, -0.25) is 4.98 Å². The van der Waals surface area contributed by atoms with E-state index in [0.29, 0.717) is 17.7 Å². The lowest BCUT2D eigenvalue weighted by atomic mass is 10.0. The molecule has 2 N–H and O–H groups in total. The summed E-state index contributed by atoms with van der Waals surface area (Å²) in [5.74, 6) is -0.438. The molecule has 18 heavy (non-hydrogen) atoms. The molecule has 94 valence electrons. The third-order valence-corrected chi connectivity index (χ3v) is 3.31. The van der Waals surface area contributed by atoms with E-state index >= 15 is 0 Å². The summed E-state index contributed by atoms with van der Waals surface area (Å²) in [6.07, 6.45) is 1.68. The van der Waals surface area contributed by atoms with E-state index in [9.17, 15) is 4.79 Å². The first-order valence-electron chi connectivity index (χ1n) is 5.60. The summed E-state index contributed by atoms with van der Waals surface area (Å²) in [5.41, 5.74) is 7.30. The maximum absolute atomic E-state index is 11.7. The number of fused-ring (bicyclic) bond motifs is 1. The highest BCUT2D eigenvalue weighted by Gasteiger charge is 2.20. The van der Waals surface area contributed by atoms with Gasteiger partial charge in [-0.15, -0.1) is 0 Å². The number of carbonyl (C=O) groups excluding carboxylic acids is 1. The van der Waals surface area contributed by atoms with Crippen LogP contribution in [0.2, 0.25) is 0 Å². The van der Waals surface area contributed by atoms with Crippen molar-refractivity contribution in [2.75, 3.05) is 6.61 Å². The third-order valence-electron chi connectivity index (χ3n) is 2.62. The van der Waals surface area contributed by atoms with Crippen LogP contribution < -0.4 is 5.73 Å². The molecule has 0 bridgehead atoms. The highest BCUT2D eigenvalue weighted by atomic mass is 79.9. The number of hydrogen-bond donors (Lipinski definition) is 1. The van der Waals surface area contributed by atoms with Crippen molar-refractivity contribution < 1.29 is 9.53 Å². The maximum atomic E-state index is 11.7. The van der Waals surface area contributed by atoms with E-state index in [0.717, 1.165) is 9.86 Å². The molecule has 1 aromatic carbocycles. The minimum Gasteiger partial charge on any atom is -0.465 e. The van der Waals surface area contributed by atoms with E-state index in [1.807, 2.05) is 18.2 Å². The van der Waals surface area contributed by atoms with Crippen molar-refractivity contribution >= 4 is 32.8 Å². The highest BCUT2D eigenvalue weighted by molar-refractivity contribution is 9.10. The monoisotopic (exact) mass is 308 g/mol. The molecule has 1 heterocycles. The molecule has 0 spiro atoms. The quantitative estimate of drug-likeness (QED) is 0.885. The molecular formula is C13H13BrN2O2. The van der Waals surface area contributed by atoms with Crippen LogP contribution in [0.3, 0.4) is 0 Å². The Morgan fingerprint density at radius 3 is 3.00 bits per heavy atom. The van der Waals surface area contributed by atoms with E-state index in [-0.39, 0.29) is 0 Å². The summed E-state index contributed by atoms with van der Waals surface area (Å²) < 4.78 is 5.86. The van der Waals surface area contributed by atoms with Gasteiger partial charge in [0, 0.05) is 21.6 Å². The van der Waals surface area contributed by atoms with Gasteiger partial charge in [-0.05, 0) is 19.1 Å². The van der Waals surface area contributed by atoms with Crippen LogP contribution in [0.5, 0.6) is 0 Å². The van der Waals surface area contributed by atoms with Crippen molar-refractivity contribution in [1.82, 2.24) is 4.98 Å². The molecule has 4 nitrogen and oxygen atoms in total. The number of carbonyl (C=O) groups is 1. The Kier molecular flexibility index (Phi) is 3.93. The smallest absolute Gasteiger partial charge is 0.327 e. The van der Waals surface area contributed by atoms with Gasteiger partial charge in [0.25, 0.3) is 0 Å². The van der Waals surface area contributed by atoms with Crippen LogP contribution in [-0.2, 0) is 9.53 Å². The first kappa shape index (κ1) is 13.0. The Labute approximate surface area is 113 Å². The maximum Gasteiger partial charge on any atom is 0.327 e. The van der Waals surface area contributed by atoms with Crippen LogP contribution in [-0.4, -0.2) is 17.6 Å². The van der Waals surface area contributed by atoms with Gasteiger partial charge in [0.15, 0.2) is 0 Å². The normalized spacial score (nSPS) is 12.4. The molecule has 2 aromatic rings. The number of esters is 1. The first-order chi connectivity index (χ1) is 8.65. The lowest BCUT2D eigenvalue weighted by Crippen LogP contribution is -2.24. The fraction of sp³-hybridized carbons (Fsp3) is 0.231. The Morgan fingerprint density at radius 1 is 1.50 bits per heavy atom. The Balaban J connectivity index is 2.51. The number of nitrogens with two attached hydrogens (primary N) is 1. The molecule has 1 unspecified atom stereocenters. The van der Waals surface area contributed by atoms with Gasteiger partial charge < -0.3 is 10.5 Å². The molecule has 0 aliphatic carbocycles. The number of rotatable bonds is 3. The number of halogens is 1. The largest absolute Gasteiger partial charge is 0.465 e. The van der Waals surface area contributed by atoms with Gasteiger partial charge in [-0.2, -0.15) is 0 Å². The minimum absolute atomic E-state index is 0.314. The zero-order chi connectivity index (χ0) is 13.1. The zero-order valence-electron chi connectivity index (χ0n) is 9.89. The van der Waals surface area contributed by atoms with E-state index < -0.39 is 12.0 Å². The second kappa shape index (κ2) is 5.46. The Hall–Kier alpha value is -1.46. The summed E-state index contributed by atoms with van der Waals surface area (Å²) >= 11 is 3.45. The summed E-state index contributed by atoms with van der Waals surface area (Å²) in [5, 5.41) is 0.926. The van der Waals surface area contributed by atoms with Crippen LogP contribution in [0.15, 0.2) is 34.9 Å². The standard InChI is InChI=1S/C13H13BrN2O2/c1-2-18-13(17)11(15)9-5-6-10(14)8-4-3-7-16-12(8)9/h3-7,11H,2,15H2,1H3. The molecule has 2 rings (SSSR count). The number of hydrogen-bond acceptors (Lipinski definition) is 4. The van der Waals surface area contributed by atoms with Crippen LogP contribution in [0.1, 0.15) is 18.5 Å². The van der Waals surface area contributed by atoms with Gasteiger partial charge >= 0.3 is 5.97 Å². The van der Waals surface area contributed by atoms with Crippen LogP contribution >= 0.6 is 15.9 Å². The lowest BCUT2D eigenvalue weighted by molar-refractivity contribution is -0.144. The Bertz CT molecular complexity index is 586. The number of nitrogens with zero attached hydrogens (tertiary/aromatic N) is 1. The second-order valence-electron chi connectivity index (χ2n) is 3.77. The van der Waals surface area contributed by atoms with Crippen molar-refractivity contribution in [1.29, 1.82) is 0 Å². The van der Waals surface area contributed by atoms with Crippen molar-refractivity contribution in [2.24, 2.45) is 5.73 Å². The second-order valence-corrected chi connectivity index (χ2v) is 4.62. The molecule has 0 amide bonds. The molecule has 0 saturated carbocycles. The van der Waals surface area contributed by atoms with Crippen molar-refractivity contribution in [3.05, 3.63) is 40.5 Å². The number of aromatic nitrogens is 1. The van der Waals surface area contributed by atoms with Crippen LogP contribution in [0, 0.1) is 0 Å². The first-order valence-corrected chi connectivity index (χ1v) is 6.39. The molecule has 0 saturated heterocycles. The molecular weight excluding hydrogens is 296 g/mol. The predicted molar refractivity (Wildman–Crippen MR) is 73.0 cm³/mol. The van der Waals surface area contributed by atoms with Crippen molar-refractivity contribution in [2.45, 2.75) is 13.0 Å². The van der Waals surface area contributed by atoms with Crippen LogP contribution in [0.4, 0.5) is 0 Å². The Morgan fingerprint density at radius 2 is 2.28 bits per heavy atom. The number of ether oxygens (including phenoxy) is 1.